The van der Waals surface area contributed by atoms with Crippen molar-refractivity contribution >= 4 is 5.82 Å². The fourth-order valence-electron chi connectivity index (χ4n) is 3.39. The van der Waals surface area contributed by atoms with Gasteiger partial charge in [-0.15, -0.1) is 0 Å². The Labute approximate surface area is 129 Å². The minimum Gasteiger partial charge on any atom is -0.356 e. The van der Waals surface area contributed by atoms with Crippen LogP contribution in [-0.2, 0) is 13.5 Å². The largest absolute Gasteiger partial charge is 0.356 e. The van der Waals surface area contributed by atoms with Gasteiger partial charge in [0.15, 0.2) is 0 Å². The lowest BCUT2D eigenvalue weighted by molar-refractivity contribution is 0.263. The Bertz CT molecular complexity index is 484. The van der Waals surface area contributed by atoms with Gasteiger partial charge in [0.2, 0.25) is 0 Å². The molecule has 0 radical (unpaired) electrons. The Morgan fingerprint density at radius 2 is 2.05 bits per heavy atom. The van der Waals surface area contributed by atoms with Crippen LogP contribution in [0.4, 0.5) is 5.82 Å². The van der Waals surface area contributed by atoms with E-state index in [2.05, 4.69) is 56.3 Å². The first-order valence-electron chi connectivity index (χ1n) is 8.27. The zero-order valence-electron chi connectivity index (χ0n) is 14.6. The predicted molar refractivity (Wildman–Crippen MR) is 89.7 cm³/mol. The highest BCUT2D eigenvalue weighted by molar-refractivity contribution is 5.51. The average molecular weight is 292 g/mol. The van der Waals surface area contributed by atoms with Crippen LogP contribution in [0, 0.1) is 18.3 Å². The summed E-state index contributed by atoms with van der Waals surface area (Å²) in [5.41, 5.74) is 9.05. The monoisotopic (exact) mass is 292 g/mol. The van der Waals surface area contributed by atoms with Gasteiger partial charge in [-0.3, -0.25) is 4.68 Å². The molecule has 1 aromatic heterocycles. The van der Waals surface area contributed by atoms with Crippen LogP contribution < -0.4 is 10.6 Å². The van der Waals surface area contributed by atoms with Crippen LogP contribution in [0.15, 0.2) is 0 Å². The summed E-state index contributed by atoms with van der Waals surface area (Å²) in [6.07, 6.45) is 3.22. The second-order valence-corrected chi connectivity index (χ2v) is 7.68. The number of hydrogen-bond donors (Lipinski definition) is 1. The molecule has 0 bridgehead atoms. The molecule has 4 nitrogen and oxygen atoms in total. The Hall–Kier alpha value is -1.03. The van der Waals surface area contributed by atoms with Crippen molar-refractivity contribution in [3.8, 4) is 0 Å². The Balaban J connectivity index is 2.24. The van der Waals surface area contributed by atoms with Gasteiger partial charge in [-0.1, -0.05) is 27.7 Å². The molecule has 1 aromatic rings. The molecule has 0 saturated carbocycles. The molecular weight excluding hydrogens is 260 g/mol. The molecule has 2 rings (SSSR count). The topological polar surface area (TPSA) is 47.1 Å². The van der Waals surface area contributed by atoms with Gasteiger partial charge in [-0.05, 0) is 37.5 Å². The van der Waals surface area contributed by atoms with Gasteiger partial charge in [0.05, 0.1) is 5.69 Å². The molecule has 120 valence electrons. The van der Waals surface area contributed by atoms with Gasteiger partial charge in [-0.25, -0.2) is 0 Å². The van der Waals surface area contributed by atoms with Crippen molar-refractivity contribution in [3.63, 3.8) is 0 Å². The number of anilines is 1. The zero-order chi connectivity index (χ0) is 15.8. The molecule has 2 N–H and O–H groups in total. The van der Waals surface area contributed by atoms with Crippen molar-refractivity contribution in [2.24, 2.45) is 24.1 Å². The van der Waals surface area contributed by atoms with E-state index in [-0.39, 0.29) is 6.04 Å². The van der Waals surface area contributed by atoms with Crippen LogP contribution >= 0.6 is 0 Å². The van der Waals surface area contributed by atoms with Gasteiger partial charge in [0, 0.05) is 31.7 Å². The minimum absolute atomic E-state index is 0.229. The summed E-state index contributed by atoms with van der Waals surface area (Å²) in [7, 11) is 2.06. The summed E-state index contributed by atoms with van der Waals surface area (Å²) >= 11 is 0. The lowest BCUT2D eigenvalue weighted by atomic mass is 9.80. The molecule has 0 aromatic carbocycles. The van der Waals surface area contributed by atoms with Crippen molar-refractivity contribution in [2.75, 3.05) is 18.0 Å². The number of aryl methyl sites for hydroxylation is 2. The number of nitrogens with two attached hydrogens (primary N) is 1. The predicted octanol–water partition coefficient (Wildman–Crippen LogP) is 2.88. The van der Waals surface area contributed by atoms with Crippen LogP contribution in [0.2, 0.25) is 0 Å². The molecule has 2 heterocycles. The number of nitrogens with zero attached hydrogens (tertiary/aromatic N) is 3. The summed E-state index contributed by atoms with van der Waals surface area (Å²) in [6.45, 7) is 13.6. The molecule has 1 aliphatic heterocycles. The third kappa shape index (κ3) is 3.42. The molecule has 21 heavy (non-hydrogen) atoms. The van der Waals surface area contributed by atoms with E-state index in [9.17, 15) is 0 Å². The fraction of sp³-hybridized carbons (Fsp3) is 0.824. The first-order valence-corrected chi connectivity index (χ1v) is 8.27. The van der Waals surface area contributed by atoms with Gasteiger partial charge in [0.1, 0.15) is 5.82 Å². The lowest BCUT2D eigenvalue weighted by Crippen LogP contribution is -2.29. The SMILES string of the molecule is CCC(N)Cc1c(C)nn(C)c1N1CCC(C(C)(C)C)C1. The van der Waals surface area contributed by atoms with Crippen LogP contribution in [0.5, 0.6) is 0 Å². The van der Waals surface area contributed by atoms with E-state index < -0.39 is 0 Å². The van der Waals surface area contributed by atoms with Crippen LogP contribution in [0.1, 0.15) is 51.8 Å². The molecule has 1 saturated heterocycles. The lowest BCUT2D eigenvalue weighted by Gasteiger charge is -2.28. The van der Waals surface area contributed by atoms with Crippen LogP contribution in [-0.4, -0.2) is 28.9 Å². The molecular formula is C17H32N4. The zero-order valence-corrected chi connectivity index (χ0v) is 14.6. The van der Waals surface area contributed by atoms with E-state index in [1.54, 1.807) is 0 Å². The maximum Gasteiger partial charge on any atom is 0.130 e. The highest BCUT2D eigenvalue weighted by Crippen LogP contribution is 2.37. The van der Waals surface area contributed by atoms with E-state index in [1.165, 1.54) is 17.8 Å². The molecule has 2 atom stereocenters. The summed E-state index contributed by atoms with van der Waals surface area (Å²) in [4.78, 5) is 2.52. The number of hydrogen-bond acceptors (Lipinski definition) is 3. The summed E-state index contributed by atoms with van der Waals surface area (Å²) in [6, 6.07) is 0.229. The van der Waals surface area contributed by atoms with Crippen LogP contribution in [0.3, 0.4) is 0 Å². The van der Waals surface area contributed by atoms with Gasteiger partial charge in [-0.2, -0.15) is 5.10 Å². The first kappa shape index (κ1) is 16.3. The quantitative estimate of drug-likeness (QED) is 0.928. The van der Waals surface area contributed by atoms with Crippen molar-refractivity contribution in [3.05, 3.63) is 11.3 Å². The third-order valence-corrected chi connectivity index (χ3v) is 5.02. The van der Waals surface area contributed by atoms with Crippen molar-refractivity contribution in [1.29, 1.82) is 0 Å². The fourth-order valence-corrected chi connectivity index (χ4v) is 3.39. The van der Waals surface area contributed by atoms with Gasteiger partial charge < -0.3 is 10.6 Å². The van der Waals surface area contributed by atoms with Gasteiger partial charge >= 0.3 is 0 Å². The summed E-state index contributed by atoms with van der Waals surface area (Å²) < 4.78 is 2.05. The molecule has 0 aliphatic carbocycles. The third-order valence-electron chi connectivity index (χ3n) is 5.02. The first-order chi connectivity index (χ1) is 9.74. The normalized spacial score (nSPS) is 21.1. The maximum absolute atomic E-state index is 6.19. The Morgan fingerprint density at radius 3 is 2.57 bits per heavy atom. The van der Waals surface area contributed by atoms with E-state index in [4.69, 9.17) is 5.73 Å². The standard InChI is InChI=1S/C17H32N4/c1-7-14(18)10-15-12(2)19-20(6)16(15)21-9-8-13(11-21)17(3,4)5/h13-14H,7-11,18H2,1-6H3. The highest BCUT2D eigenvalue weighted by atomic mass is 15.4. The molecule has 0 amide bonds. The molecule has 4 heteroatoms. The van der Waals surface area contributed by atoms with E-state index in [0.29, 0.717) is 5.41 Å². The van der Waals surface area contributed by atoms with Crippen molar-refractivity contribution in [2.45, 2.75) is 59.9 Å². The van der Waals surface area contributed by atoms with Crippen molar-refractivity contribution < 1.29 is 0 Å². The average Bonchev–Trinajstić information content (AvgIpc) is 2.95. The van der Waals surface area contributed by atoms with Gasteiger partial charge in [0.25, 0.3) is 0 Å². The molecule has 0 spiro atoms. The van der Waals surface area contributed by atoms with E-state index in [1.807, 2.05) is 0 Å². The minimum atomic E-state index is 0.229. The summed E-state index contributed by atoms with van der Waals surface area (Å²) in [5, 5.41) is 4.65. The molecule has 1 aliphatic rings. The smallest absolute Gasteiger partial charge is 0.130 e. The molecule has 2 unspecified atom stereocenters. The van der Waals surface area contributed by atoms with E-state index >= 15 is 0 Å². The second-order valence-electron chi connectivity index (χ2n) is 7.68. The second kappa shape index (κ2) is 5.99. The highest BCUT2D eigenvalue weighted by Gasteiger charge is 2.34. The number of rotatable bonds is 4. The Kier molecular flexibility index (Phi) is 4.66. The molecule has 1 fully saturated rings. The summed E-state index contributed by atoms with van der Waals surface area (Å²) in [5.74, 6) is 2.04. The number of aromatic nitrogens is 2. The maximum atomic E-state index is 6.19. The van der Waals surface area contributed by atoms with Crippen LogP contribution in [0.25, 0.3) is 0 Å². The van der Waals surface area contributed by atoms with E-state index in [0.717, 1.165) is 37.5 Å². The van der Waals surface area contributed by atoms with Crippen molar-refractivity contribution in [1.82, 2.24) is 9.78 Å². The Morgan fingerprint density at radius 1 is 1.38 bits per heavy atom.